The third-order valence-electron chi connectivity index (χ3n) is 2.45. The molecule has 0 aliphatic carbocycles. The van der Waals surface area contributed by atoms with Gasteiger partial charge in [0, 0.05) is 4.90 Å². The van der Waals surface area contributed by atoms with E-state index in [0.717, 1.165) is 16.3 Å². The highest BCUT2D eigenvalue weighted by Crippen LogP contribution is 2.16. The molecule has 2 rings (SSSR count). The SMILES string of the molecule is COc1ccc(N/N=C/C(=[NH2+])Sc2ccccc2)cc1. The lowest BCUT2D eigenvalue weighted by Crippen LogP contribution is -2.38. The predicted octanol–water partition coefficient (Wildman–Crippen LogP) is 2.04. The second kappa shape index (κ2) is 7.35. The number of anilines is 1. The molecule has 0 atom stereocenters. The summed E-state index contributed by atoms with van der Waals surface area (Å²) in [6.45, 7) is 0. The maximum atomic E-state index is 5.89. The Hall–Kier alpha value is -2.27. The van der Waals surface area contributed by atoms with Crippen LogP contribution in [0.3, 0.4) is 0 Å². The molecule has 0 aliphatic rings. The molecule has 0 aromatic heterocycles. The van der Waals surface area contributed by atoms with Crippen LogP contribution in [-0.4, -0.2) is 18.4 Å². The van der Waals surface area contributed by atoms with E-state index < -0.39 is 0 Å². The Labute approximate surface area is 122 Å². The first kappa shape index (κ1) is 14.1. The number of methoxy groups -OCH3 is 1. The van der Waals surface area contributed by atoms with E-state index in [0.29, 0.717) is 5.04 Å². The van der Waals surface area contributed by atoms with Crippen molar-refractivity contribution in [1.29, 1.82) is 0 Å². The molecule has 0 unspecified atom stereocenters. The standard InChI is InChI=1S/C15H15N3OS/c1-19-13-9-7-12(8-10-13)18-17-11-15(16)20-14-5-3-2-4-6-14/h2-11,16,18H,1H3/p+1/b16-15?,17-11+. The molecule has 0 fully saturated rings. The molecule has 4 nitrogen and oxygen atoms in total. The number of ether oxygens (including phenoxy) is 1. The average Bonchev–Trinajstić information content (AvgIpc) is 2.49. The molecule has 5 heteroatoms. The number of benzene rings is 2. The van der Waals surface area contributed by atoms with Gasteiger partial charge in [-0.3, -0.25) is 5.43 Å². The summed E-state index contributed by atoms with van der Waals surface area (Å²) in [6, 6.07) is 17.4. The quantitative estimate of drug-likeness (QED) is 0.383. The summed E-state index contributed by atoms with van der Waals surface area (Å²) >= 11 is 1.47. The molecule has 0 bridgehead atoms. The van der Waals surface area contributed by atoms with Crippen LogP contribution in [0, 0.1) is 0 Å². The van der Waals surface area contributed by atoms with Crippen LogP contribution >= 0.6 is 11.8 Å². The Balaban J connectivity index is 1.84. The van der Waals surface area contributed by atoms with Gasteiger partial charge in [0.15, 0.2) is 0 Å². The fraction of sp³-hybridized carbons (Fsp3) is 0.0667. The molecule has 0 saturated carbocycles. The Bertz CT molecular complexity index is 582. The molecular formula is C15H16N3OS+. The average molecular weight is 286 g/mol. The van der Waals surface area contributed by atoms with Crippen molar-refractivity contribution >= 4 is 28.7 Å². The summed E-state index contributed by atoms with van der Waals surface area (Å²) < 4.78 is 5.08. The molecule has 0 amide bonds. The minimum atomic E-state index is 0.622. The summed E-state index contributed by atoms with van der Waals surface area (Å²) in [5, 5.41) is 10.6. The van der Waals surface area contributed by atoms with Crippen molar-refractivity contribution in [3.05, 3.63) is 54.6 Å². The second-order valence-corrected chi connectivity index (χ2v) is 5.06. The summed E-state index contributed by atoms with van der Waals surface area (Å²) in [6.07, 6.45) is 1.60. The van der Waals surface area contributed by atoms with Gasteiger partial charge in [-0.25, -0.2) is 5.41 Å². The van der Waals surface area contributed by atoms with E-state index in [1.54, 1.807) is 13.3 Å². The smallest absolute Gasteiger partial charge is 0.256 e. The summed E-state index contributed by atoms with van der Waals surface area (Å²) in [7, 11) is 1.64. The van der Waals surface area contributed by atoms with Gasteiger partial charge in [-0.1, -0.05) is 18.2 Å². The van der Waals surface area contributed by atoms with Crippen LogP contribution in [-0.2, 0) is 0 Å². The van der Waals surface area contributed by atoms with Crippen molar-refractivity contribution in [3.8, 4) is 5.75 Å². The number of thioether (sulfide) groups is 1. The van der Waals surface area contributed by atoms with Crippen LogP contribution < -0.4 is 15.6 Å². The Kier molecular flexibility index (Phi) is 5.20. The van der Waals surface area contributed by atoms with Gasteiger partial charge in [-0.15, -0.1) is 0 Å². The largest absolute Gasteiger partial charge is 0.497 e. The maximum absolute atomic E-state index is 5.89. The first-order valence-electron chi connectivity index (χ1n) is 6.06. The lowest BCUT2D eigenvalue weighted by atomic mass is 10.3. The number of rotatable bonds is 5. The summed E-state index contributed by atoms with van der Waals surface area (Å²) in [5.41, 5.74) is 3.79. The van der Waals surface area contributed by atoms with E-state index in [9.17, 15) is 0 Å². The van der Waals surface area contributed by atoms with Crippen molar-refractivity contribution < 1.29 is 10.1 Å². The van der Waals surface area contributed by atoms with Gasteiger partial charge in [-0.05, 0) is 48.2 Å². The van der Waals surface area contributed by atoms with Crippen molar-refractivity contribution in [2.45, 2.75) is 4.90 Å². The van der Waals surface area contributed by atoms with Crippen LogP contribution in [0.15, 0.2) is 64.6 Å². The molecule has 0 saturated heterocycles. The van der Waals surface area contributed by atoms with E-state index in [1.807, 2.05) is 54.6 Å². The van der Waals surface area contributed by atoms with Crippen molar-refractivity contribution in [1.82, 2.24) is 0 Å². The molecule has 0 aliphatic heterocycles. The van der Waals surface area contributed by atoms with Gasteiger partial charge in [0.2, 0.25) is 0 Å². The van der Waals surface area contributed by atoms with Gasteiger partial charge in [0.05, 0.1) is 12.8 Å². The number of nitrogens with two attached hydrogens (primary N) is 1. The molecule has 0 heterocycles. The Morgan fingerprint density at radius 3 is 2.50 bits per heavy atom. The van der Waals surface area contributed by atoms with Gasteiger partial charge in [-0.2, -0.15) is 5.10 Å². The number of hydrazone groups is 1. The molecule has 102 valence electrons. The lowest BCUT2D eigenvalue weighted by Gasteiger charge is -2.01. The van der Waals surface area contributed by atoms with E-state index in [4.69, 9.17) is 10.1 Å². The minimum absolute atomic E-state index is 0.622. The third-order valence-corrected chi connectivity index (χ3v) is 3.30. The topological polar surface area (TPSA) is 59.2 Å². The van der Waals surface area contributed by atoms with E-state index >= 15 is 0 Å². The van der Waals surface area contributed by atoms with Gasteiger partial charge in [0.25, 0.3) is 5.04 Å². The highest BCUT2D eigenvalue weighted by molar-refractivity contribution is 8.15. The van der Waals surface area contributed by atoms with Gasteiger partial charge < -0.3 is 4.74 Å². The maximum Gasteiger partial charge on any atom is 0.256 e. The fourth-order valence-electron chi connectivity index (χ4n) is 1.49. The van der Waals surface area contributed by atoms with Crippen LogP contribution in [0.25, 0.3) is 0 Å². The predicted molar refractivity (Wildman–Crippen MR) is 84.3 cm³/mol. The lowest BCUT2D eigenvalue weighted by molar-refractivity contribution is -0.105. The summed E-state index contributed by atoms with van der Waals surface area (Å²) in [4.78, 5) is 1.08. The highest BCUT2D eigenvalue weighted by Gasteiger charge is 2.01. The van der Waals surface area contributed by atoms with Crippen LogP contribution in [0.4, 0.5) is 5.69 Å². The normalized spacial score (nSPS) is 10.4. The first-order valence-corrected chi connectivity index (χ1v) is 6.88. The van der Waals surface area contributed by atoms with Crippen LogP contribution in [0.1, 0.15) is 0 Å². The number of nitrogens with one attached hydrogen (secondary N) is 1. The zero-order valence-electron chi connectivity index (χ0n) is 11.1. The Morgan fingerprint density at radius 2 is 1.85 bits per heavy atom. The fourth-order valence-corrected chi connectivity index (χ4v) is 2.16. The van der Waals surface area contributed by atoms with E-state index in [1.165, 1.54) is 11.8 Å². The molecule has 0 radical (unpaired) electrons. The molecule has 2 aromatic carbocycles. The van der Waals surface area contributed by atoms with E-state index in [-0.39, 0.29) is 0 Å². The Morgan fingerprint density at radius 1 is 1.15 bits per heavy atom. The van der Waals surface area contributed by atoms with Crippen LogP contribution in [0.5, 0.6) is 5.75 Å². The van der Waals surface area contributed by atoms with Crippen LogP contribution in [0.2, 0.25) is 0 Å². The number of hydrogen-bond acceptors (Lipinski definition) is 4. The molecule has 0 spiro atoms. The van der Waals surface area contributed by atoms with Gasteiger partial charge >= 0.3 is 0 Å². The first-order chi connectivity index (χ1) is 9.78. The number of hydrogen-bond donors (Lipinski definition) is 2. The second-order valence-electron chi connectivity index (χ2n) is 3.92. The minimum Gasteiger partial charge on any atom is -0.497 e. The molecule has 20 heavy (non-hydrogen) atoms. The monoisotopic (exact) mass is 286 g/mol. The third kappa shape index (κ3) is 4.44. The summed E-state index contributed by atoms with van der Waals surface area (Å²) in [5.74, 6) is 0.810. The van der Waals surface area contributed by atoms with Crippen molar-refractivity contribution in [3.63, 3.8) is 0 Å². The zero-order valence-corrected chi connectivity index (χ0v) is 11.9. The highest BCUT2D eigenvalue weighted by atomic mass is 32.2. The van der Waals surface area contributed by atoms with Crippen molar-refractivity contribution in [2.75, 3.05) is 12.5 Å². The van der Waals surface area contributed by atoms with Gasteiger partial charge in [0.1, 0.15) is 12.0 Å². The zero-order chi connectivity index (χ0) is 14.2. The van der Waals surface area contributed by atoms with E-state index in [2.05, 4.69) is 10.5 Å². The molecule has 3 N–H and O–H groups in total. The van der Waals surface area contributed by atoms with Crippen molar-refractivity contribution in [2.24, 2.45) is 5.10 Å². The molecule has 2 aromatic rings. The molecular weight excluding hydrogens is 270 g/mol. The number of nitrogens with zero attached hydrogens (tertiary/aromatic N) is 1.